The van der Waals surface area contributed by atoms with Crippen LogP contribution in [0.1, 0.15) is 30.0 Å². The van der Waals surface area contributed by atoms with Crippen molar-refractivity contribution in [2.45, 2.75) is 18.9 Å². The van der Waals surface area contributed by atoms with Gasteiger partial charge in [0.05, 0.1) is 31.8 Å². The minimum absolute atomic E-state index is 0.00864. The van der Waals surface area contributed by atoms with E-state index in [0.717, 1.165) is 18.8 Å². The molecule has 0 aromatic heterocycles. The molecule has 0 spiro atoms. The first-order valence-corrected chi connectivity index (χ1v) is 9.50. The van der Waals surface area contributed by atoms with Gasteiger partial charge in [0.15, 0.2) is 0 Å². The van der Waals surface area contributed by atoms with Crippen molar-refractivity contribution in [1.82, 2.24) is 0 Å². The molecule has 2 aromatic rings. The molecule has 3 rings (SSSR count). The van der Waals surface area contributed by atoms with Gasteiger partial charge in [0.2, 0.25) is 0 Å². The minimum atomic E-state index is 0.00864. The number of hydrogen-bond donors (Lipinski definition) is 2. The van der Waals surface area contributed by atoms with Gasteiger partial charge in [0, 0.05) is 35.2 Å². The van der Waals surface area contributed by atoms with Crippen molar-refractivity contribution >= 4 is 29.4 Å². The number of halogens is 2. The van der Waals surface area contributed by atoms with Crippen molar-refractivity contribution < 1.29 is 14.7 Å². The molecule has 2 aromatic carbocycles. The van der Waals surface area contributed by atoms with E-state index in [2.05, 4.69) is 17.1 Å². The molecule has 0 radical (unpaired) electrons. The summed E-state index contributed by atoms with van der Waals surface area (Å²) in [4.78, 5) is 6.14. The van der Waals surface area contributed by atoms with Gasteiger partial charge in [-0.2, -0.15) is 0 Å². The predicted octanol–water partition coefficient (Wildman–Crippen LogP) is 3.55. The van der Waals surface area contributed by atoms with Crippen LogP contribution in [0.5, 0.6) is 11.5 Å². The van der Waals surface area contributed by atoms with Crippen LogP contribution < -0.4 is 9.64 Å². The molecular weight excluding hydrogens is 371 g/mol. The number of likely N-dealkylation sites (tertiary alicyclic amines) is 1. The van der Waals surface area contributed by atoms with E-state index >= 15 is 0 Å². The molecule has 1 heterocycles. The summed E-state index contributed by atoms with van der Waals surface area (Å²) in [5, 5.41) is 10.8. The van der Waals surface area contributed by atoms with Gasteiger partial charge in [-0.3, -0.25) is 4.99 Å². The maximum atomic E-state index is 10.1. The lowest BCUT2D eigenvalue weighted by Gasteiger charge is -2.23. The van der Waals surface area contributed by atoms with Gasteiger partial charge in [-0.15, -0.1) is 0 Å². The SMILES string of the molecule is COc1ccc([C@H](CN=Cc2cc(Cl)cc(Cl)c2O)[NH+]2CCCC2)cc1. The zero-order chi connectivity index (χ0) is 18.5. The van der Waals surface area contributed by atoms with Crippen LogP contribution in [-0.4, -0.2) is 38.1 Å². The van der Waals surface area contributed by atoms with Gasteiger partial charge < -0.3 is 14.7 Å². The molecule has 0 bridgehead atoms. The van der Waals surface area contributed by atoms with Crippen molar-refractivity contribution in [3.05, 3.63) is 57.6 Å². The molecule has 1 aliphatic heterocycles. The summed E-state index contributed by atoms with van der Waals surface area (Å²) >= 11 is 12.0. The zero-order valence-corrected chi connectivity index (χ0v) is 16.2. The Morgan fingerprint density at radius 2 is 1.88 bits per heavy atom. The second-order valence-electron chi connectivity index (χ2n) is 6.51. The molecule has 0 saturated carbocycles. The first-order chi connectivity index (χ1) is 12.6. The summed E-state index contributed by atoms with van der Waals surface area (Å²) < 4.78 is 5.26. The lowest BCUT2D eigenvalue weighted by molar-refractivity contribution is -0.918. The number of phenols is 1. The Morgan fingerprint density at radius 1 is 1.19 bits per heavy atom. The molecule has 26 heavy (non-hydrogen) atoms. The third kappa shape index (κ3) is 4.50. The third-order valence-corrected chi connectivity index (χ3v) is 5.34. The molecule has 1 saturated heterocycles. The summed E-state index contributed by atoms with van der Waals surface area (Å²) in [5.74, 6) is 0.861. The predicted molar refractivity (Wildman–Crippen MR) is 106 cm³/mol. The van der Waals surface area contributed by atoms with Crippen LogP contribution in [0.15, 0.2) is 41.4 Å². The Hall–Kier alpha value is -1.75. The smallest absolute Gasteiger partial charge is 0.143 e. The Kier molecular flexibility index (Phi) is 6.41. The largest absolute Gasteiger partial charge is 0.506 e. The highest BCUT2D eigenvalue weighted by Crippen LogP contribution is 2.30. The van der Waals surface area contributed by atoms with Crippen LogP contribution in [0.3, 0.4) is 0 Å². The van der Waals surface area contributed by atoms with Crippen molar-refractivity contribution in [3.63, 3.8) is 0 Å². The Morgan fingerprint density at radius 3 is 2.54 bits per heavy atom. The van der Waals surface area contributed by atoms with Gasteiger partial charge in [-0.25, -0.2) is 0 Å². The van der Waals surface area contributed by atoms with Crippen molar-refractivity contribution in [2.24, 2.45) is 4.99 Å². The Labute approximate surface area is 164 Å². The fourth-order valence-corrected chi connectivity index (χ4v) is 3.93. The number of phenolic OH excluding ortho intramolecular Hbond substituents is 1. The van der Waals surface area contributed by atoms with E-state index in [-0.39, 0.29) is 16.8 Å². The average molecular weight is 394 g/mol. The third-order valence-electron chi connectivity index (χ3n) is 4.83. The number of aromatic hydroxyl groups is 1. The monoisotopic (exact) mass is 393 g/mol. The second-order valence-corrected chi connectivity index (χ2v) is 7.35. The van der Waals surface area contributed by atoms with Crippen LogP contribution in [0.4, 0.5) is 0 Å². The van der Waals surface area contributed by atoms with Crippen molar-refractivity contribution in [1.29, 1.82) is 0 Å². The Balaban J connectivity index is 1.79. The van der Waals surface area contributed by atoms with Crippen LogP contribution in [0.25, 0.3) is 0 Å². The maximum Gasteiger partial charge on any atom is 0.143 e. The topological polar surface area (TPSA) is 46.3 Å². The summed E-state index contributed by atoms with van der Waals surface area (Å²) in [6, 6.07) is 11.7. The molecule has 1 aliphatic rings. The van der Waals surface area contributed by atoms with E-state index in [1.807, 2.05) is 12.1 Å². The number of rotatable bonds is 6. The minimum Gasteiger partial charge on any atom is -0.506 e. The number of aliphatic imine (C=N–C) groups is 1. The standard InChI is InChI=1S/C20H22Cl2N2O2/c1-26-17-6-4-14(5-7-17)19(24-8-2-3-9-24)13-23-12-15-10-16(21)11-18(22)20(15)25/h4-7,10-12,19,25H,2-3,8-9,13H2,1H3/p+1/t19-/m0/s1. The van der Waals surface area contributed by atoms with Gasteiger partial charge in [-0.1, -0.05) is 23.2 Å². The van der Waals surface area contributed by atoms with Crippen molar-refractivity contribution in [3.8, 4) is 11.5 Å². The number of methoxy groups -OCH3 is 1. The first-order valence-electron chi connectivity index (χ1n) is 8.75. The van der Waals surface area contributed by atoms with E-state index in [4.69, 9.17) is 27.9 Å². The lowest BCUT2D eigenvalue weighted by atomic mass is 10.1. The molecule has 0 aliphatic carbocycles. The summed E-state index contributed by atoms with van der Waals surface area (Å²) in [6.07, 6.45) is 4.14. The molecule has 2 N–H and O–H groups in total. The van der Waals surface area contributed by atoms with E-state index in [1.165, 1.54) is 24.5 Å². The van der Waals surface area contributed by atoms with Crippen LogP contribution in [0, 0.1) is 0 Å². The number of benzene rings is 2. The van der Waals surface area contributed by atoms with Crippen LogP contribution >= 0.6 is 23.2 Å². The van der Waals surface area contributed by atoms with Crippen LogP contribution in [-0.2, 0) is 0 Å². The van der Waals surface area contributed by atoms with Crippen LogP contribution in [0.2, 0.25) is 10.0 Å². The van der Waals surface area contributed by atoms with Gasteiger partial charge in [-0.05, 0) is 36.4 Å². The van der Waals surface area contributed by atoms with Gasteiger partial charge in [0.25, 0.3) is 0 Å². The fraction of sp³-hybridized carbons (Fsp3) is 0.350. The first kappa shape index (κ1) is 19.0. The molecule has 1 atom stereocenters. The number of quaternary nitrogens is 1. The van der Waals surface area contributed by atoms with E-state index in [9.17, 15) is 5.11 Å². The lowest BCUT2D eigenvalue weighted by Crippen LogP contribution is -3.10. The number of ether oxygens (including phenoxy) is 1. The summed E-state index contributed by atoms with van der Waals surface area (Å²) in [6.45, 7) is 2.94. The highest BCUT2D eigenvalue weighted by atomic mass is 35.5. The normalized spacial score (nSPS) is 16.3. The van der Waals surface area contributed by atoms with Crippen molar-refractivity contribution in [2.75, 3.05) is 26.7 Å². The molecule has 0 unspecified atom stereocenters. The highest BCUT2D eigenvalue weighted by molar-refractivity contribution is 6.36. The van der Waals surface area contributed by atoms with Gasteiger partial charge in [0.1, 0.15) is 17.5 Å². The number of nitrogens with one attached hydrogen (secondary N) is 1. The number of hydrogen-bond acceptors (Lipinski definition) is 3. The van der Waals surface area contributed by atoms with Gasteiger partial charge >= 0.3 is 0 Å². The zero-order valence-electron chi connectivity index (χ0n) is 14.7. The molecular formula is C20H23Cl2N2O2+. The maximum absolute atomic E-state index is 10.1. The second kappa shape index (κ2) is 8.76. The average Bonchev–Trinajstić information content (AvgIpc) is 3.17. The summed E-state index contributed by atoms with van der Waals surface area (Å²) in [5.41, 5.74) is 1.78. The highest BCUT2D eigenvalue weighted by Gasteiger charge is 2.27. The quantitative estimate of drug-likeness (QED) is 0.737. The number of nitrogens with zero attached hydrogens (tertiary/aromatic N) is 1. The molecule has 6 heteroatoms. The molecule has 0 amide bonds. The molecule has 138 valence electrons. The Bertz CT molecular complexity index is 772. The van der Waals surface area contributed by atoms with E-state index < -0.39 is 0 Å². The van der Waals surface area contributed by atoms with E-state index in [1.54, 1.807) is 24.3 Å². The summed E-state index contributed by atoms with van der Waals surface area (Å²) in [7, 11) is 1.67. The van der Waals surface area contributed by atoms with E-state index in [0.29, 0.717) is 17.1 Å². The molecule has 4 nitrogen and oxygen atoms in total. The molecule has 1 fully saturated rings. The fourth-order valence-electron chi connectivity index (χ4n) is 3.42.